The van der Waals surface area contributed by atoms with E-state index in [4.69, 9.17) is 17.3 Å². The van der Waals surface area contributed by atoms with Crippen molar-refractivity contribution in [2.24, 2.45) is 0 Å². The summed E-state index contributed by atoms with van der Waals surface area (Å²) in [6.45, 7) is 0.138. The first kappa shape index (κ1) is 12.9. The number of nitrogens with two attached hydrogens (primary N) is 1. The van der Waals surface area contributed by atoms with Gasteiger partial charge in [-0.05, 0) is 18.2 Å². The number of nitrogens with one attached hydrogen (secondary N) is 2. The molecule has 0 fully saturated rings. The fourth-order valence-electron chi connectivity index (χ4n) is 1.37. The van der Waals surface area contributed by atoms with Gasteiger partial charge in [-0.1, -0.05) is 11.6 Å². The number of sulfonamides is 1. The Hall–Kier alpha value is -1.57. The molecule has 0 radical (unpaired) electrons. The maximum atomic E-state index is 12.0. The van der Waals surface area contributed by atoms with E-state index in [1.54, 1.807) is 6.20 Å². The van der Waals surface area contributed by atoms with Gasteiger partial charge in [-0.3, -0.25) is 5.10 Å². The average Bonchev–Trinajstić information content (AvgIpc) is 2.78. The molecule has 96 valence electrons. The summed E-state index contributed by atoms with van der Waals surface area (Å²) in [6.07, 6.45) is 3.14. The third kappa shape index (κ3) is 2.81. The molecule has 18 heavy (non-hydrogen) atoms. The van der Waals surface area contributed by atoms with Crippen LogP contribution in [0.4, 0.5) is 5.69 Å². The molecule has 0 bridgehead atoms. The third-order valence-electron chi connectivity index (χ3n) is 2.27. The van der Waals surface area contributed by atoms with E-state index in [-0.39, 0.29) is 16.5 Å². The van der Waals surface area contributed by atoms with E-state index in [2.05, 4.69) is 14.9 Å². The Morgan fingerprint density at radius 2 is 2.22 bits per heavy atom. The first-order chi connectivity index (χ1) is 8.49. The summed E-state index contributed by atoms with van der Waals surface area (Å²) in [5, 5.41) is 6.41. The highest BCUT2D eigenvalue weighted by Gasteiger charge is 2.17. The fraction of sp³-hybridized carbons (Fsp3) is 0.100. The van der Waals surface area contributed by atoms with Gasteiger partial charge in [0.2, 0.25) is 10.0 Å². The Kier molecular flexibility index (Phi) is 3.55. The number of benzene rings is 1. The maximum Gasteiger partial charge on any atom is 0.242 e. The van der Waals surface area contributed by atoms with Gasteiger partial charge >= 0.3 is 0 Å². The molecule has 1 aromatic carbocycles. The van der Waals surface area contributed by atoms with Gasteiger partial charge in [-0.25, -0.2) is 13.1 Å². The van der Waals surface area contributed by atoms with Crippen LogP contribution < -0.4 is 10.5 Å². The van der Waals surface area contributed by atoms with Crippen molar-refractivity contribution < 1.29 is 8.42 Å². The molecule has 4 N–H and O–H groups in total. The molecule has 0 aliphatic heterocycles. The van der Waals surface area contributed by atoms with Crippen molar-refractivity contribution in [1.82, 2.24) is 14.9 Å². The zero-order valence-electron chi connectivity index (χ0n) is 9.22. The monoisotopic (exact) mass is 286 g/mol. The number of halogens is 1. The number of nitrogen functional groups attached to an aromatic ring is 1. The van der Waals surface area contributed by atoms with Crippen LogP contribution in [0.25, 0.3) is 0 Å². The van der Waals surface area contributed by atoms with Crippen molar-refractivity contribution in [1.29, 1.82) is 0 Å². The van der Waals surface area contributed by atoms with Gasteiger partial charge in [0.25, 0.3) is 0 Å². The summed E-state index contributed by atoms with van der Waals surface area (Å²) in [6, 6.07) is 4.25. The molecule has 8 heteroatoms. The zero-order valence-corrected chi connectivity index (χ0v) is 10.8. The van der Waals surface area contributed by atoms with E-state index in [0.29, 0.717) is 5.69 Å². The van der Waals surface area contributed by atoms with E-state index in [9.17, 15) is 8.42 Å². The summed E-state index contributed by atoms with van der Waals surface area (Å²) in [7, 11) is -3.66. The molecule has 0 spiro atoms. The largest absolute Gasteiger partial charge is 0.399 e. The molecule has 0 unspecified atom stereocenters. The molecule has 1 aromatic heterocycles. The molecule has 0 atom stereocenters. The second kappa shape index (κ2) is 4.97. The normalized spacial score (nSPS) is 11.6. The van der Waals surface area contributed by atoms with Crippen LogP contribution in [0.2, 0.25) is 5.02 Å². The number of aromatic nitrogens is 2. The van der Waals surface area contributed by atoms with Gasteiger partial charge in [-0.2, -0.15) is 5.10 Å². The first-order valence-electron chi connectivity index (χ1n) is 5.01. The lowest BCUT2D eigenvalue weighted by Gasteiger charge is -2.07. The zero-order chi connectivity index (χ0) is 13.2. The summed E-state index contributed by atoms with van der Waals surface area (Å²) in [5.41, 5.74) is 6.65. The Balaban J connectivity index is 2.20. The number of hydrogen-bond donors (Lipinski definition) is 3. The number of H-pyrrole nitrogens is 1. The highest BCUT2D eigenvalue weighted by atomic mass is 35.5. The van der Waals surface area contributed by atoms with Crippen LogP contribution in [0, 0.1) is 0 Å². The van der Waals surface area contributed by atoms with Crippen molar-refractivity contribution in [2.45, 2.75) is 11.4 Å². The standard InChI is InChI=1S/C10H11ClN4O2S/c11-9-3-8(12)1-2-10(9)18(16,17)15-6-7-4-13-14-5-7/h1-5,15H,6,12H2,(H,13,14). The van der Waals surface area contributed by atoms with Crippen LogP contribution in [-0.2, 0) is 16.6 Å². The van der Waals surface area contributed by atoms with Crippen molar-refractivity contribution in [3.63, 3.8) is 0 Å². The van der Waals surface area contributed by atoms with Gasteiger partial charge in [0.1, 0.15) is 4.90 Å². The van der Waals surface area contributed by atoms with Crippen LogP contribution in [0.1, 0.15) is 5.56 Å². The Bertz CT molecular complexity index is 640. The van der Waals surface area contributed by atoms with E-state index in [0.717, 1.165) is 5.56 Å². The minimum atomic E-state index is -3.66. The van der Waals surface area contributed by atoms with Crippen molar-refractivity contribution in [3.8, 4) is 0 Å². The van der Waals surface area contributed by atoms with Crippen LogP contribution in [-0.4, -0.2) is 18.6 Å². The lowest BCUT2D eigenvalue weighted by atomic mass is 10.3. The van der Waals surface area contributed by atoms with Crippen molar-refractivity contribution in [2.75, 3.05) is 5.73 Å². The summed E-state index contributed by atoms with van der Waals surface area (Å²) < 4.78 is 26.4. The van der Waals surface area contributed by atoms with E-state index in [1.807, 2.05) is 0 Å². The van der Waals surface area contributed by atoms with Crippen LogP contribution in [0.3, 0.4) is 0 Å². The van der Waals surface area contributed by atoms with Crippen molar-refractivity contribution >= 4 is 27.3 Å². The summed E-state index contributed by atoms with van der Waals surface area (Å²) in [5.74, 6) is 0. The van der Waals surface area contributed by atoms with E-state index < -0.39 is 10.0 Å². The Morgan fingerprint density at radius 1 is 1.44 bits per heavy atom. The predicted molar refractivity (Wildman–Crippen MR) is 68.5 cm³/mol. The number of nitrogens with zero attached hydrogens (tertiary/aromatic N) is 1. The minimum Gasteiger partial charge on any atom is -0.399 e. The number of rotatable bonds is 4. The minimum absolute atomic E-state index is 0.00172. The summed E-state index contributed by atoms with van der Waals surface area (Å²) in [4.78, 5) is 0.00172. The second-order valence-electron chi connectivity index (χ2n) is 3.62. The Morgan fingerprint density at radius 3 is 2.83 bits per heavy atom. The van der Waals surface area contributed by atoms with Gasteiger partial charge in [0.05, 0.1) is 11.2 Å². The first-order valence-corrected chi connectivity index (χ1v) is 6.87. The lowest BCUT2D eigenvalue weighted by Crippen LogP contribution is -2.23. The highest BCUT2D eigenvalue weighted by Crippen LogP contribution is 2.23. The lowest BCUT2D eigenvalue weighted by molar-refractivity contribution is 0.581. The van der Waals surface area contributed by atoms with Gasteiger partial charge in [0.15, 0.2) is 0 Å². The fourth-order valence-corrected chi connectivity index (χ4v) is 2.93. The molecule has 0 saturated carbocycles. The average molecular weight is 287 g/mol. The van der Waals surface area contributed by atoms with E-state index in [1.165, 1.54) is 24.4 Å². The molecular formula is C10H11ClN4O2S. The molecular weight excluding hydrogens is 276 g/mol. The topological polar surface area (TPSA) is 101 Å². The number of hydrogen-bond acceptors (Lipinski definition) is 4. The molecule has 0 saturated heterocycles. The maximum absolute atomic E-state index is 12.0. The van der Waals surface area contributed by atoms with Crippen LogP contribution >= 0.6 is 11.6 Å². The smallest absolute Gasteiger partial charge is 0.242 e. The van der Waals surface area contributed by atoms with Gasteiger partial charge in [0, 0.05) is 24.0 Å². The molecule has 2 aromatic rings. The summed E-state index contributed by atoms with van der Waals surface area (Å²) >= 11 is 5.86. The van der Waals surface area contributed by atoms with E-state index >= 15 is 0 Å². The number of anilines is 1. The van der Waals surface area contributed by atoms with Gasteiger partial charge in [-0.15, -0.1) is 0 Å². The predicted octanol–water partition coefficient (Wildman–Crippen LogP) is 1.12. The Labute approximate surface area is 109 Å². The van der Waals surface area contributed by atoms with Gasteiger partial charge < -0.3 is 5.73 Å². The van der Waals surface area contributed by atoms with Crippen molar-refractivity contribution in [3.05, 3.63) is 41.2 Å². The molecule has 0 amide bonds. The third-order valence-corrected chi connectivity index (χ3v) is 4.15. The molecule has 0 aliphatic rings. The molecule has 6 nitrogen and oxygen atoms in total. The quantitative estimate of drug-likeness (QED) is 0.733. The number of aromatic amines is 1. The second-order valence-corrected chi connectivity index (χ2v) is 5.76. The molecule has 0 aliphatic carbocycles. The SMILES string of the molecule is Nc1ccc(S(=O)(=O)NCc2cn[nH]c2)c(Cl)c1. The van der Waals surface area contributed by atoms with Crippen LogP contribution in [0.5, 0.6) is 0 Å². The highest BCUT2D eigenvalue weighted by molar-refractivity contribution is 7.89. The molecule has 1 heterocycles. The van der Waals surface area contributed by atoms with Crippen LogP contribution in [0.15, 0.2) is 35.5 Å². The molecule has 2 rings (SSSR count).